The Bertz CT molecular complexity index is 1460. The molecule has 0 saturated carbocycles. The second kappa shape index (κ2) is 17.6. The number of aromatic nitrogens is 4. The summed E-state index contributed by atoms with van der Waals surface area (Å²) in [4.78, 5) is 55.4. The zero-order valence-corrected chi connectivity index (χ0v) is 26.4. The highest BCUT2D eigenvalue weighted by Gasteiger charge is 2.27. The Morgan fingerprint density at radius 2 is 1.23 bits per heavy atom. The van der Waals surface area contributed by atoms with Gasteiger partial charge >= 0.3 is 0 Å². The highest BCUT2D eigenvalue weighted by Crippen LogP contribution is 2.16. The Morgan fingerprint density at radius 1 is 0.727 bits per heavy atom. The van der Waals surface area contributed by atoms with E-state index in [-0.39, 0.29) is 23.1 Å². The second-order valence-electron chi connectivity index (χ2n) is 10.9. The topological polar surface area (TPSA) is 106 Å². The lowest BCUT2D eigenvalue weighted by Crippen LogP contribution is -2.31. The predicted octanol–water partition coefficient (Wildman–Crippen LogP) is 5.52. The molecule has 2 heterocycles. The molecule has 232 valence electrons. The van der Waals surface area contributed by atoms with Gasteiger partial charge in [-0.05, 0) is 11.1 Å². The van der Waals surface area contributed by atoms with Crippen molar-refractivity contribution >= 4 is 23.1 Å². The third kappa shape index (κ3) is 10.1. The van der Waals surface area contributed by atoms with Crippen molar-refractivity contribution in [1.82, 2.24) is 14.5 Å². The minimum atomic E-state index is -0.541. The minimum absolute atomic E-state index is 0.0133. The highest BCUT2D eigenvalue weighted by molar-refractivity contribution is 6.02. The summed E-state index contributed by atoms with van der Waals surface area (Å²) in [5.41, 5.74) is 4.23. The molecule has 1 N–H and O–H groups in total. The first-order valence-electron chi connectivity index (χ1n) is 15.5. The van der Waals surface area contributed by atoms with E-state index in [2.05, 4.69) is 34.2 Å². The van der Waals surface area contributed by atoms with E-state index < -0.39 is 11.8 Å². The van der Waals surface area contributed by atoms with Gasteiger partial charge in [-0.15, -0.1) is 0 Å². The van der Waals surface area contributed by atoms with Crippen LogP contribution in [0.2, 0.25) is 0 Å². The van der Waals surface area contributed by atoms with Crippen LogP contribution in [0.25, 0.3) is 0 Å². The van der Waals surface area contributed by atoms with Crippen molar-refractivity contribution < 1.29 is 23.7 Å². The molecule has 0 saturated heterocycles. The van der Waals surface area contributed by atoms with Gasteiger partial charge in [-0.3, -0.25) is 19.2 Å². The average molecular weight is 598 g/mol. The second-order valence-corrected chi connectivity index (χ2v) is 10.9. The van der Waals surface area contributed by atoms with Crippen LogP contribution < -0.4 is 4.57 Å². The average Bonchev–Trinajstić information content (AvgIpc) is 3.70. The number of ketones is 4. The maximum absolute atomic E-state index is 12.1. The summed E-state index contributed by atoms with van der Waals surface area (Å²) in [7, 11) is 0. The number of nitrogens with zero attached hydrogens (tertiary/aromatic N) is 3. The Morgan fingerprint density at radius 3 is 1.75 bits per heavy atom. The number of aromatic amines is 1. The number of rotatable bonds is 16. The van der Waals surface area contributed by atoms with Crippen LogP contribution in [-0.4, -0.2) is 37.7 Å². The summed E-state index contributed by atoms with van der Waals surface area (Å²) in [5, 5.41) is 0. The van der Waals surface area contributed by atoms with Crippen LogP contribution in [0.5, 0.6) is 0 Å². The number of nitrogens with one attached hydrogen (secondary N) is 1. The van der Waals surface area contributed by atoms with Crippen LogP contribution in [0.1, 0.15) is 75.9 Å². The van der Waals surface area contributed by atoms with Gasteiger partial charge in [-0.25, -0.2) is 14.5 Å². The first kappa shape index (κ1) is 34.0. The van der Waals surface area contributed by atoms with Gasteiger partial charge in [0.1, 0.15) is 41.6 Å². The lowest BCUT2D eigenvalue weighted by molar-refractivity contribution is -0.687. The molecule has 2 aromatic carbocycles. The molecule has 0 aliphatic rings. The summed E-state index contributed by atoms with van der Waals surface area (Å²) in [5.74, 6) is -0.981. The number of hydrogen-bond acceptors (Lipinski definition) is 5. The highest BCUT2D eigenvalue weighted by atomic mass is 16.2. The van der Waals surface area contributed by atoms with E-state index in [1.165, 1.54) is 11.1 Å². The van der Waals surface area contributed by atoms with Gasteiger partial charge < -0.3 is 4.57 Å². The number of benzene rings is 2. The molecule has 0 radical (unpaired) electrons. The van der Waals surface area contributed by atoms with Crippen LogP contribution in [0.15, 0.2) is 85.7 Å². The molecular formula is C36H45N4O4+. The normalized spacial score (nSPS) is 10.9. The Kier molecular flexibility index (Phi) is 13.6. The van der Waals surface area contributed by atoms with E-state index in [1.807, 2.05) is 71.9 Å². The van der Waals surface area contributed by atoms with E-state index in [4.69, 9.17) is 0 Å². The largest absolute Gasteiger partial charge is 0.330 e. The predicted molar refractivity (Wildman–Crippen MR) is 170 cm³/mol. The fourth-order valence-electron chi connectivity index (χ4n) is 5.11. The van der Waals surface area contributed by atoms with E-state index >= 15 is 0 Å². The number of imidazole rings is 2. The molecule has 0 amide bonds. The standard InChI is InChI=1S/2C18H22N2O2/c1-3-17(21)16(18(22)4-2)10-15-11-19-13-20(15)12-14-8-6-5-7-9-14;1-3-17(21)16(18(22)4-2)10-15-12-20(13-19-15)11-14-8-6-5-7-9-14/h5-9,11,13,16H,3-4,10,12H2,1-2H3;5-9,12-13,16H,3-4,10-11H2,1-2H3/p+1. The molecule has 44 heavy (non-hydrogen) atoms. The van der Waals surface area contributed by atoms with Gasteiger partial charge in [0.15, 0.2) is 0 Å². The van der Waals surface area contributed by atoms with Gasteiger partial charge in [0.2, 0.25) is 6.33 Å². The van der Waals surface area contributed by atoms with Crippen molar-refractivity contribution in [3.05, 3.63) is 108 Å². The van der Waals surface area contributed by atoms with E-state index in [0.29, 0.717) is 45.1 Å². The molecule has 0 unspecified atom stereocenters. The van der Waals surface area contributed by atoms with E-state index in [1.54, 1.807) is 26.4 Å². The summed E-state index contributed by atoms with van der Waals surface area (Å²) in [6.45, 7) is 8.69. The number of carbonyl (C=O) groups is 4. The first-order valence-corrected chi connectivity index (χ1v) is 15.5. The van der Waals surface area contributed by atoms with Gasteiger partial charge in [0.25, 0.3) is 0 Å². The van der Waals surface area contributed by atoms with Crippen molar-refractivity contribution in [1.29, 1.82) is 0 Å². The number of H-pyrrole nitrogens is 1. The Balaban J connectivity index is 0.000000240. The quantitative estimate of drug-likeness (QED) is 0.135. The lowest BCUT2D eigenvalue weighted by atomic mass is 9.91. The molecule has 2 aromatic heterocycles. The molecule has 0 spiro atoms. The first-order chi connectivity index (χ1) is 21.3. The van der Waals surface area contributed by atoms with Gasteiger partial charge in [-0.2, -0.15) is 0 Å². The van der Waals surface area contributed by atoms with Crippen molar-refractivity contribution in [3.8, 4) is 0 Å². The fourth-order valence-corrected chi connectivity index (χ4v) is 5.11. The Labute approximate surface area is 260 Å². The minimum Gasteiger partial charge on any atom is -0.330 e. The molecule has 4 rings (SSSR count). The molecular weight excluding hydrogens is 552 g/mol. The molecule has 8 nitrogen and oxygen atoms in total. The zero-order chi connectivity index (χ0) is 31.9. The number of Topliss-reactive ketones (excluding diaryl/α,β-unsaturated/α-hetero) is 4. The van der Waals surface area contributed by atoms with Crippen molar-refractivity contribution in [2.45, 2.75) is 79.3 Å². The summed E-state index contributed by atoms with van der Waals surface area (Å²) in [6, 6.07) is 20.2. The smallest absolute Gasteiger partial charge is 0.242 e. The van der Waals surface area contributed by atoms with Crippen LogP contribution in [-0.2, 0) is 45.1 Å². The monoisotopic (exact) mass is 597 g/mol. The molecule has 0 atom stereocenters. The van der Waals surface area contributed by atoms with Crippen molar-refractivity contribution in [3.63, 3.8) is 0 Å². The number of hydrogen-bond donors (Lipinski definition) is 1. The molecule has 0 aliphatic carbocycles. The molecule has 8 heteroatoms. The SMILES string of the molecule is CCC(=O)C(Cc1c[n+](Cc2ccccc2)c[nH]1)C(=O)CC.CCC(=O)C(Cc1cncn1Cc1ccccc1)C(=O)CC. The van der Waals surface area contributed by atoms with Crippen molar-refractivity contribution in [2.75, 3.05) is 0 Å². The van der Waals surface area contributed by atoms with Gasteiger partial charge in [0.05, 0.1) is 18.2 Å². The third-order valence-electron chi connectivity index (χ3n) is 7.73. The lowest BCUT2D eigenvalue weighted by Gasteiger charge is -2.15. The van der Waals surface area contributed by atoms with Crippen molar-refractivity contribution in [2.24, 2.45) is 11.8 Å². The zero-order valence-electron chi connectivity index (χ0n) is 26.4. The van der Waals surface area contributed by atoms with Crippen LogP contribution in [0.3, 0.4) is 0 Å². The van der Waals surface area contributed by atoms with Crippen LogP contribution in [0, 0.1) is 11.8 Å². The molecule has 4 aromatic rings. The third-order valence-corrected chi connectivity index (χ3v) is 7.73. The summed E-state index contributed by atoms with van der Waals surface area (Å²) in [6.07, 6.45) is 9.86. The van der Waals surface area contributed by atoms with Gasteiger partial charge in [-0.1, -0.05) is 88.4 Å². The summed E-state index contributed by atoms with van der Waals surface area (Å²) >= 11 is 0. The maximum atomic E-state index is 12.1. The molecule has 0 fully saturated rings. The van der Waals surface area contributed by atoms with Crippen LogP contribution in [0.4, 0.5) is 0 Å². The van der Waals surface area contributed by atoms with Gasteiger partial charge in [0, 0.05) is 57.0 Å². The summed E-state index contributed by atoms with van der Waals surface area (Å²) < 4.78 is 4.04. The molecule has 0 aliphatic heterocycles. The van der Waals surface area contributed by atoms with E-state index in [9.17, 15) is 19.2 Å². The van der Waals surface area contributed by atoms with E-state index in [0.717, 1.165) is 17.9 Å². The Hall–Kier alpha value is -4.46. The fraction of sp³-hybridized carbons (Fsp3) is 0.389. The maximum Gasteiger partial charge on any atom is 0.242 e. The molecule has 0 bridgehead atoms. The van der Waals surface area contributed by atoms with Crippen LogP contribution >= 0.6 is 0 Å². The number of carbonyl (C=O) groups excluding carboxylic acids is 4.